The maximum atomic E-state index is 5.92. The van der Waals surface area contributed by atoms with Crippen molar-refractivity contribution in [1.82, 2.24) is 9.97 Å². The standard InChI is InChI=1S/C13H16ClN3/c1-3-6-9(2)15-12-10-7-4-5-8-11(10)16-13(14)17-12/h4-5,7-9H,3,6H2,1-2H3,(H,15,16,17). The van der Waals surface area contributed by atoms with Gasteiger partial charge in [-0.1, -0.05) is 25.5 Å². The van der Waals surface area contributed by atoms with Crippen molar-refractivity contribution in [2.45, 2.75) is 32.7 Å². The highest BCUT2D eigenvalue weighted by Gasteiger charge is 2.08. The lowest BCUT2D eigenvalue weighted by atomic mass is 10.2. The summed E-state index contributed by atoms with van der Waals surface area (Å²) < 4.78 is 0. The molecule has 1 atom stereocenters. The van der Waals surface area contributed by atoms with E-state index >= 15 is 0 Å². The van der Waals surface area contributed by atoms with Crippen molar-refractivity contribution in [3.8, 4) is 0 Å². The lowest BCUT2D eigenvalue weighted by molar-refractivity contribution is 0.688. The minimum Gasteiger partial charge on any atom is -0.367 e. The molecule has 0 saturated carbocycles. The molecule has 2 aromatic rings. The SMILES string of the molecule is CCCC(C)Nc1nc(Cl)nc2ccccc12. The average molecular weight is 250 g/mol. The summed E-state index contributed by atoms with van der Waals surface area (Å²) in [6.07, 6.45) is 2.25. The normalized spacial score (nSPS) is 12.6. The Labute approximate surface area is 106 Å². The second-order valence-electron chi connectivity index (χ2n) is 4.19. The van der Waals surface area contributed by atoms with E-state index in [1.165, 1.54) is 0 Å². The van der Waals surface area contributed by atoms with Gasteiger partial charge in [-0.3, -0.25) is 0 Å². The monoisotopic (exact) mass is 249 g/mol. The number of anilines is 1. The highest BCUT2D eigenvalue weighted by atomic mass is 35.5. The Morgan fingerprint density at radius 3 is 2.82 bits per heavy atom. The van der Waals surface area contributed by atoms with Crippen molar-refractivity contribution in [2.75, 3.05) is 5.32 Å². The Bertz CT molecular complexity index is 513. The second kappa shape index (κ2) is 5.32. The van der Waals surface area contributed by atoms with Gasteiger partial charge in [0.05, 0.1) is 5.52 Å². The van der Waals surface area contributed by atoms with Gasteiger partial charge >= 0.3 is 0 Å². The van der Waals surface area contributed by atoms with Crippen molar-refractivity contribution in [3.05, 3.63) is 29.5 Å². The minimum absolute atomic E-state index is 0.287. The summed E-state index contributed by atoms with van der Waals surface area (Å²) in [6, 6.07) is 8.26. The van der Waals surface area contributed by atoms with Crippen LogP contribution in [0.25, 0.3) is 10.9 Å². The van der Waals surface area contributed by atoms with Gasteiger partial charge in [0.25, 0.3) is 0 Å². The molecular weight excluding hydrogens is 234 g/mol. The fourth-order valence-corrected chi connectivity index (χ4v) is 2.07. The lowest BCUT2D eigenvalue weighted by Gasteiger charge is -2.15. The van der Waals surface area contributed by atoms with E-state index in [-0.39, 0.29) is 5.28 Å². The first kappa shape index (κ1) is 12.1. The number of halogens is 1. The zero-order valence-electron chi connectivity index (χ0n) is 10.1. The third-order valence-electron chi connectivity index (χ3n) is 2.68. The fraction of sp³-hybridized carbons (Fsp3) is 0.385. The van der Waals surface area contributed by atoms with E-state index in [9.17, 15) is 0 Å². The first-order valence-corrected chi connectivity index (χ1v) is 6.27. The summed E-state index contributed by atoms with van der Waals surface area (Å²) in [7, 11) is 0. The summed E-state index contributed by atoms with van der Waals surface area (Å²) in [5, 5.41) is 4.69. The number of para-hydroxylation sites is 1. The highest BCUT2D eigenvalue weighted by Crippen LogP contribution is 2.22. The predicted octanol–water partition coefficient (Wildman–Crippen LogP) is 3.88. The van der Waals surface area contributed by atoms with Crippen LogP contribution in [0.15, 0.2) is 24.3 Å². The molecule has 0 radical (unpaired) electrons. The number of aromatic nitrogens is 2. The Hall–Kier alpha value is -1.35. The van der Waals surface area contributed by atoms with Crippen LogP contribution in [0.1, 0.15) is 26.7 Å². The molecule has 4 heteroatoms. The summed E-state index contributed by atoms with van der Waals surface area (Å²) in [5.41, 5.74) is 0.874. The van der Waals surface area contributed by atoms with Gasteiger partial charge in [0.2, 0.25) is 5.28 Å². The van der Waals surface area contributed by atoms with E-state index in [0.717, 1.165) is 29.6 Å². The van der Waals surface area contributed by atoms with E-state index in [2.05, 4.69) is 29.1 Å². The maximum absolute atomic E-state index is 5.92. The van der Waals surface area contributed by atoms with Crippen LogP contribution in [0.2, 0.25) is 5.28 Å². The van der Waals surface area contributed by atoms with Gasteiger partial charge in [-0.05, 0) is 37.1 Å². The fourth-order valence-electron chi connectivity index (χ4n) is 1.90. The van der Waals surface area contributed by atoms with Crippen molar-refractivity contribution in [3.63, 3.8) is 0 Å². The second-order valence-corrected chi connectivity index (χ2v) is 4.53. The van der Waals surface area contributed by atoms with Gasteiger partial charge in [0, 0.05) is 11.4 Å². The first-order chi connectivity index (χ1) is 8.20. The molecule has 0 fully saturated rings. The minimum atomic E-state index is 0.287. The van der Waals surface area contributed by atoms with Crippen LogP contribution in [0.4, 0.5) is 5.82 Å². The number of fused-ring (bicyclic) bond motifs is 1. The van der Waals surface area contributed by atoms with E-state index in [1.54, 1.807) is 0 Å². The zero-order valence-corrected chi connectivity index (χ0v) is 10.8. The zero-order chi connectivity index (χ0) is 12.3. The highest BCUT2D eigenvalue weighted by molar-refractivity contribution is 6.28. The topological polar surface area (TPSA) is 37.8 Å². The predicted molar refractivity (Wildman–Crippen MR) is 72.5 cm³/mol. The third-order valence-corrected chi connectivity index (χ3v) is 2.85. The van der Waals surface area contributed by atoms with Crippen molar-refractivity contribution < 1.29 is 0 Å². The number of nitrogens with one attached hydrogen (secondary N) is 1. The van der Waals surface area contributed by atoms with Crippen molar-refractivity contribution >= 4 is 28.3 Å². The first-order valence-electron chi connectivity index (χ1n) is 5.89. The number of benzene rings is 1. The van der Waals surface area contributed by atoms with Gasteiger partial charge in [0.15, 0.2) is 0 Å². The average Bonchev–Trinajstić information content (AvgIpc) is 2.29. The molecule has 17 heavy (non-hydrogen) atoms. The van der Waals surface area contributed by atoms with E-state index in [1.807, 2.05) is 24.3 Å². The van der Waals surface area contributed by atoms with Crippen LogP contribution >= 0.6 is 11.6 Å². The molecule has 1 aromatic heterocycles. The smallest absolute Gasteiger partial charge is 0.224 e. The molecule has 0 spiro atoms. The van der Waals surface area contributed by atoms with Gasteiger partial charge in [-0.2, -0.15) is 0 Å². The Morgan fingerprint density at radius 1 is 1.29 bits per heavy atom. The van der Waals surface area contributed by atoms with E-state index < -0.39 is 0 Å². The summed E-state index contributed by atoms with van der Waals surface area (Å²) in [5.74, 6) is 0.821. The van der Waals surface area contributed by atoms with Gasteiger partial charge in [0.1, 0.15) is 5.82 Å². The molecule has 0 saturated heterocycles. The molecule has 0 aliphatic rings. The Balaban J connectivity index is 2.38. The lowest BCUT2D eigenvalue weighted by Crippen LogP contribution is -2.16. The number of rotatable bonds is 4. The van der Waals surface area contributed by atoms with Crippen LogP contribution in [0, 0.1) is 0 Å². The van der Waals surface area contributed by atoms with Crippen LogP contribution in [0.3, 0.4) is 0 Å². The Kier molecular flexibility index (Phi) is 3.79. The molecule has 0 amide bonds. The molecule has 2 rings (SSSR count). The van der Waals surface area contributed by atoms with Crippen molar-refractivity contribution in [1.29, 1.82) is 0 Å². The van der Waals surface area contributed by atoms with Crippen LogP contribution in [-0.2, 0) is 0 Å². The quantitative estimate of drug-likeness (QED) is 0.836. The molecule has 1 N–H and O–H groups in total. The largest absolute Gasteiger partial charge is 0.367 e. The molecule has 3 nitrogen and oxygen atoms in total. The van der Waals surface area contributed by atoms with Crippen molar-refractivity contribution in [2.24, 2.45) is 0 Å². The molecular formula is C13H16ClN3. The Morgan fingerprint density at radius 2 is 2.06 bits per heavy atom. The number of hydrogen-bond acceptors (Lipinski definition) is 3. The molecule has 0 aliphatic heterocycles. The van der Waals surface area contributed by atoms with Crippen LogP contribution in [-0.4, -0.2) is 16.0 Å². The summed E-state index contributed by atoms with van der Waals surface area (Å²) in [4.78, 5) is 8.47. The number of nitrogens with zero attached hydrogens (tertiary/aromatic N) is 2. The number of hydrogen-bond donors (Lipinski definition) is 1. The molecule has 90 valence electrons. The van der Waals surface area contributed by atoms with Gasteiger partial charge in [-0.15, -0.1) is 0 Å². The molecule has 0 bridgehead atoms. The van der Waals surface area contributed by atoms with E-state index in [4.69, 9.17) is 11.6 Å². The third kappa shape index (κ3) is 2.86. The van der Waals surface area contributed by atoms with Crippen LogP contribution in [0.5, 0.6) is 0 Å². The van der Waals surface area contributed by atoms with Gasteiger partial charge < -0.3 is 5.32 Å². The molecule has 1 aromatic carbocycles. The van der Waals surface area contributed by atoms with E-state index in [0.29, 0.717) is 6.04 Å². The molecule has 1 heterocycles. The summed E-state index contributed by atoms with van der Waals surface area (Å²) in [6.45, 7) is 4.32. The van der Waals surface area contributed by atoms with Gasteiger partial charge in [-0.25, -0.2) is 9.97 Å². The summed E-state index contributed by atoms with van der Waals surface area (Å²) >= 11 is 5.92. The molecule has 0 aliphatic carbocycles. The molecule has 1 unspecified atom stereocenters. The maximum Gasteiger partial charge on any atom is 0.224 e. The van der Waals surface area contributed by atoms with Crippen LogP contribution < -0.4 is 5.32 Å².